The minimum Gasteiger partial charge on any atom is -0.496 e. The van der Waals surface area contributed by atoms with Gasteiger partial charge in [0.25, 0.3) is 5.91 Å². The predicted molar refractivity (Wildman–Crippen MR) is 99.2 cm³/mol. The molecule has 0 bridgehead atoms. The van der Waals surface area contributed by atoms with Crippen LogP contribution in [0.1, 0.15) is 35.6 Å². The van der Waals surface area contributed by atoms with Crippen molar-refractivity contribution in [1.29, 1.82) is 0 Å². The molecule has 134 valence electrons. The van der Waals surface area contributed by atoms with E-state index in [1.54, 1.807) is 18.1 Å². The summed E-state index contributed by atoms with van der Waals surface area (Å²) in [5, 5.41) is 3.21. The third kappa shape index (κ3) is 4.92. The summed E-state index contributed by atoms with van der Waals surface area (Å²) in [6.07, 6.45) is 0.778. The predicted octanol–water partition coefficient (Wildman–Crippen LogP) is 2.93. The van der Waals surface area contributed by atoms with Gasteiger partial charge in [0.1, 0.15) is 11.4 Å². The van der Waals surface area contributed by atoms with E-state index in [9.17, 15) is 4.79 Å². The van der Waals surface area contributed by atoms with Crippen molar-refractivity contribution in [2.75, 3.05) is 32.1 Å². The van der Waals surface area contributed by atoms with Crippen molar-refractivity contribution < 1.29 is 9.53 Å². The van der Waals surface area contributed by atoms with Crippen LogP contribution in [0.3, 0.4) is 0 Å². The quantitative estimate of drug-likeness (QED) is 0.799. The van der Waals surface area contributed by atoms with Crippen LogP contribution in [0.4, 0.5) is 5.95 Å². The summed E-state index contributed by atoms with van der Waals surface area (Å²) in [5.41, 5.74) is 2.31. The molecule has 0 atom stereocenters. The standard InChI is InChI=1S/C19H26N4O2/c1-5-23(6-2)18(24)16-13-14(3)21-19(22-16)20-12-11-15-9-7-8-10-17(15)25-4/h7-10,13H,5-6,11-12H2,1-4H3,(H,20,21,22). The number of rotatable bonds is 8. The molecule has 0 aliphatic heterocycles. The Kier molecular flexibility index (Phi) is 6.74. The first-order valence-electron chi connectivity index (χ1n) is 8.59. The fourth-order valence-corrected chi connectivity index (χ4v) is 2.65. The van der Waals surface area contributed by atoms with Gasteiger partial charge < -0.3 is 15.0 Å². The summed E-state index contributed by atoms with van der Waals surface area (Å²) in [6, 6.07) is 9.64. The first-order chi connectivity index (χ1) is 12.1. The van der Waals surface area contributed by atoms with E-state index in [0.29, 0.717) is 31.3 Å². The van der Waals surface area contributed by atoms with Gasteiger partial charge in [-0.3, -0.25) is 4.79 Å². The van der Waals surface area contributed by atoms with Crippen LogP contribution >= 0.6 is 0 Å². The SMILES string of the molecule is CCN(CC)C(=O)c1cc(C)nc(NCCc2ccccc2OC)n1. The lowest BCUT2D eigenvalue weighted by atomic mass is 10.1. The van der Waals surface area contributed by atoms with Gasteiger partial charge in [-0.1, -0.05) is 18.2 Å². The third-order valence-electron chi connectivity index (χ3n) is 3.99. The largest absolute Gasteiger partial charge is 0.496 e. The summed E-state index contributed by atoms with van der Waals surface area (Å²) >= 11 is 0. The first kappa shape index (κ1) is 18.7. The lowest BCUT2D eigenvalue weighted by Gasteiger charge is -2.18. The Labute approximate surface area is 149 Å². The average molecular weight is 342 g/mol. The number of para-hydroxylation sites is 1. The zero-order valence-corrected chi connectivity index (χ0v) is 15.4. The maximum Gasteiger partial charge on any atom is 0.272 e. The highest BCUT2D eigenvalue weighted by molar-refractivity contribution is 5.92. The van der Waals surface area contributed by atoms with Gasteiger partial charge in [0.05, 0.1) is 7.11 Å². The maximum absolute atomic E-state index is 12.5. The molecule has 0 unspecified atom stereocenters. The second kappa shape index (κ2) is 9.01. The number of ether oxygens (including phenoxy) is 1. The fourth-order valence-electron chi connectivity index (χ4n) is 2.65. The Balaban J connectivity index is 2.06. The number of aromatic nitrogens is 2. The van der Waals surface area contributed by atoms with Crippen LogP contribution in [0.5, 0.6) is 5.75 Å². The molecule has 2 rings (SSSR count). The molecule has 0 saturated heterocycles. The molecule has 1 amide bonds. The smallest absolute Gasteiger partial charge is 0.272 e. The van der Waals surface area contributed by atoms with Crippen molar-refractivity contribution in [3.8, 4) is 5.75 Å². The number of benzene rings is 1. The number of nitrogens with one attached hydrogen (secondary N) is 1. The topological polar surface area (TPSA) is 67.4 Å². The molecule has 0 spiro atoms. The minimum atomic E-state index is -0.0664. The highest BCUT2D eigenvalue weighted by atomic mass is 16.5. The molecule has 6 heteroatoms. The number of amides is 1. The van der Waals surface area contributed by atoms with Crippen LogP contribution in [0.25, 0.3) is 0 Å². The van der Waals surface area contributed by atoms with Crippen LogP contribution < -0.4 is 10.1 Å². The summed E-state index contributed by atoms with van der Waals surface area (Å²) in [5.74, 6) is 1.28. The van der Waals surface area contributed by atoms with Crippen LogP contribution in [-0.4, -0.2) is 47.5 Å². The van der Waals surface area contributed by atoms with Crippen LogP contribution in [0, 0.1) is 6.92 Å². The number of hydrogen-bond acceptors (Lipinski definition) is 5. The van der Waals surface area contributed by atoms with Crippen molar-refractivity contribution in [3.63, 3.8) is 0 Å². The van der Waals surface area contributed by atoms with Crippen LogP contribution in [0.15, 0.2) is 30.3 Å². The molecule has 25 heavy (non-hydrogen) atoms. The molecular formula is C19H26N4O2. The number of methoxy groups -OCH3 is 1. The molecule has 1 aromatic carbocycles. The van der Waals surface area contributed by atoms with Gasteiger partial charge in [-0.15, -0.1) is 0 Å². The summed E-state index contributed by atoms with van der Waals surface area (Å²) in [4.78, 5) is 23.0. The maximum atomic E-state index is 12.5. The molecule has 6 nitrogen and oxygen atoms in total. The van der Waals surface area contributed by atoms with E-state index >= 15 is 0 Å². The average Bonchev–Trinajstić information content (AvgIpc) is 2.62. The highest BCUT2D eigenvalue weighted by Crippen LogP contribution is 2.17. The lowest BCUT2D eigenvalue weighted by Crippen LogP contribution is -2.31. The van der Waals surface area contributed by atoms with Crippen molar-refractivity contribution >= 4 is 11.9 Å². The van der Waals surface area contributed by atoms with E-state index in [4.69, 9.17) is 4.74 Å². The van der Waals surface area contributed by atoms with E-state index in [1.807, 2.05) is 45.0 Å². The second-order valence-electron chi connectivity index (χ2n) is 5.68. The molecule has 1 heterocycles. The lowest BCUT2D eigenvalue weighted by molar-refractivity contribution is 0.0767. The van der Waals surface area contributed by atoms with Gasteiger partial charge in [0.2, 0.25) is 5.95 Å². The van der Waals surface area contributed by atoms with E-state index < -0.39 is 0 Å². The number of anilines is 1. The van der Waals surface area contributed by atoms with Gasteiger partial charge in [-0.25, -0.2) is 9.97 Å². The van der Waals surface area contributed by atoms with Gasteiger partial charge in [0.15, 0.2) is 0 Å². The number of carbonyl (C=O) groups is 1. The molecule has 0 saturated carbocycles. The van der Waals surface area contributed by atoms with E-state index in [-0.39, 0.29) is 5.91 Å². The van der Waals surface area contributed by atoms with Crippen LogP contribution in [-0.2, 0) is 6.42 Å². The fraction of sp³-hybridized carbons (Fsp3) is 0.421. The summed E-state index contributed by atoms with van der Waals surface area (Å²) < 4.78 is 5.36. The van der Waals surface area contributed by atoms with Gasteiger partial charge in [-0.05, 0) is 44.9 Å². The molecular weight excluding hydrogens is 316 g/mol. The molecule has 1 N–H and O–H groups in total. The number of aryl methyl sites for hydroxylation is 1. The Morgan fingerprint density at radius 3 is 2.60 bits per heavy atom. The Morgan fingerprint density at radius 2 is 1.92 bits per heavy atom. The number of hydrogen-bond donors (Lipinski definition) is 1. The van der Waals surface area contributed by atoms with Crippen molar-refractivity contribution in [2.24, 2.45) is 0 Å². The highest BCUT2D eigenvalue weighted by Gasteiger charge is 2.15. The third-order valence-corrected chi connectivity index (χ3v) is 3.99. The number of carbonyl (C=O) groups excluding carboxylic acids is 1. The second-order valence-corrected chi connectivity index (χ2v) is 5.68. The van der Waals surface area contributed by atoms with Gasteiger partial charge in [0, 0.05) is 25.3 Å². The Hall–Kier alpha value is -2.63. The van der Waals surface area contributed by atoms with Crippen LogP contribution in [0.2, 0.25) is 0 Å². The molecule has 0 aliphatic carbocycles. The summed E-state index contributed by atoms with van der Waals surface area (Å²) in [7, 11) is 1.67. The van der Waals surface area contributed by atoms with Crippen molar-refractivity contribution in [3.05, 3.63) is 47.3 Å². The van der Waals surface area contributed by atoms with E-state index in [1.165, 1.54) is 0 Å². The number of nitrogens with zero attached hydrogens (tertiary/aromatic N) is 3. The first-order valence-corrected chi connectivity index (χ1v) is 8.59. The molecule has 0 aliphatic rings. The van der Waals surface area contributed by atoms with E-state index in [2.05, 4.69) is 15.3 Å². The van der Waals surface area contributed by atoms with Crippen molar-refractivity contribution in [1.82, 2.24) is 14.9 Å². The molecule has 0 fully saturated rings. The zero-order chi connectivity index (χ0) is 18.2. The monoisotopic (exact) mass is 342 g/mol. The molecule has 2 aromatic rings. The normalized spacial score (nSPS) is 10.4. The van der Waals surface area contributed by atoms with Crippen molar-refractivity contribution in [2.45, 2.75) is 27.2 Å². The summed E-state index contributed by atoms with van der Waals surface area (Å²) in [6.45, 7) is 7.77. The van der Waals surface area contributed by atoms with Gasteiger partial charge >= 0.3 is 0 Å². The van der Waals surface area contributed by atoms with E-state index in [0.717, 1.165) is 23.4 Å². The Bertz CT molecular complexity index is 714. The molecule has 1 aromatic heterocycles. The Morgan fingerprint density at radius 1 is 1.20 bits per heavy atom. The zero-order valence-electron chi connectivity index (χ0n) is 15.4. The van der Waals surface area contributed by atoms with Gasteiger partial charge in [-0.2, -0.15) is 0 Å². The minimum absolute atomic E-state index is 0.0664. The molecule has 0 radical (unpaired) electrons.